The summed E-state index contributed by atoms with van der Waals surface area (Å²) in [7, 11) is 3.18. The number of primary amides is 1. The first-order valence-electron chi connectivity index (χ1n) is 9.47. The van der Waals surface area contributed by atoms with Crippen molar-refractivity contribution in [2.45, 2.75) is 24.5 Å². The lowest BCUT2D eigenvalue weighted by atomic mass is 9.58. The Kier molecular flexibility index (Phi) is 4.30. The zero-order valence-electron chi connectivity index (χ0n) is 16.4. The van der Waals surface area contributed by atoms with Gasteiger partial charge in [-0.3, -0.25) is 19.3 Å². The highest BCUT2D eigenvalue weighted by molar-refractivity contribution is 6.24. The molecule has 0 fully saturated rings. The molecule has 9 nitrogen and oxygen atoms in total. The second-order valence-corrected chi connectivity index (χ2v) is 8.27. The van der Waals surface area contributed by atoms with E-state index in [-0.39, 0.29) is 23.3 Å². The van der Waals surface area contributed by atoms with Crippen LogP contribution in [0.3, 0.4) is 0 Å². The van der Waals surface area contributed by atoms with Gasteiger partial charge in [0.15, 0.2) is 11.4 Å². The van der Waals surface area contributed by atoms with E-state index in [4.69, 9.17) is 5.73 Å². The van der Waals surface area contributed by atoms with Crippen LogP contribution in [0.4, 0.5) is 0 Å². The van der Waals surface area contributed by atoms with Crippen LogP contribution in [-0.2, 0) is 16.0 Å². The first kappa shape index (κ1) is 20.1. The minimum absolute atomic E-state index is 0.0123. The molecule has 158 valence electrons. The third kappa shape index (κ3) is 2.39. The second-order valence-electron chi connectivity index (χ2n) is 8.27. The van der Waals surface area contributed by atoms with Gasteiger partial charge in [-0.05, 0) is 44.5 Å². The molecule has 3 aliphatic rings. The number of aromatic hydroxyl groups is 1. The maximum Gasteiger partial charge on any atom is 0.255 e. The van der Waals surface area contributed by atoms with Gasteiger partial charge in [-0.2, -0.15) is 0 Å². The molecule has 9 heteroatoms. The maximum atomic E-state index is 13.1. The highest BCUT2D eigenvalue weighted by Crippen LogP contribution is 2.52. The van der Waals surface area contributed by atoms with Gasteiger partial charge in [0, 0.05) is 11.5 Å². The van der Waals surface area contributed by atoms with Crippen LogP contribution in [0, 0.1) is 11.8 Å². The van der Waals surface area contributed by atoms with E-state index in [1.54, 1.807) is 26.2 Å². The lowest BCUT2D eigenvalue weighted by molar-refractivity contribution is -0.148. The van der Waals surface area contributed by atoms with Gasteiger partial charge in [0.1, 0.15) is 22.8 Å². The Labute approximate surface area is 171 Å². The molecule has 1 aromatic carbocycles. The highest BCUT2D eigenvalue weighted by atomic mass is 16.3. The number of hydrogen-bond acceptors (Lipinski definition) is 8. The molecule has 0 aromatic heterocycles. The first-order chi connectivity index (χ1) is 14.0. The number of likely N-dealkylation sites (N-methyl/N-ethyl adjacent to an activating group) is 1. The average Bonchev–Trinajstić information content (AvgIpc) is 2.64. The molecule has 3 aliphatic carbocycles. The topological polar surface area (TPSA) is 161 Å². The molecule has 0 radical (unpaired) electrons. The maximum absolute atomic E-state index is 13.1. The first-order valence-corrected chi connectivity index (χ1v) is 9.47. The number of nitrogens with two attached hydrogens (primary N) is 1. The largest absolute Gasteiger partial charge is 0.510 e. The van der Waals surface area contributed by atoms with Crippen molar-refractivity contribution in [3.05, 3.63) is 52.0 Å². The number of aliphatic hydroxyl groups is 3. The van der Waals surface area contributed by atoms with E-state index in [1.165, 1.54) is 11.0 Å². The van der Waals surface area contributed by atoms with Gasteiger partial charge in [0.05, 0.1) is 11.6 Å². The number of carbonyl (C=O) groups is 3. The number of amides is 1. The van der Waals surface area contributed by atoms with Crippen molar-refractivity contribution in [1.29, 1.82) is 0 Å². The number of hydrogen-bond donors (Lipinski definition) is 5. The van der Waals surface area contributed by atoms with E-state index in [2.05, 4.69) is 0 Å². The summed E-state index contributed by atoms with van der Waals surface area (Å²) < 4.78 is 0. The third-order valence-corrected chi connectivity index (χ3v) is 6.46. The fourth-order valence-electron chi connectivity index (χ4n) is 5.19. The molecule has 4 rings (SSSR count). The summed E-state index contributed by atoms with van der Waals surface area (Å²) in [6.07, 6.45) is 0.379. The Bertz CT molecular complexity index is 1070. The lowest BCUT2D eigenvalue weighted by Gasteiger charge is -2.50. The van der Waals surface area contributed by atoms with E-state index in [9.17, 15) is 34.8 Å². The zero-order valence-corrected chi connectivity index (χ0v) is 16.4. The van der Waals surface area contributed by atoms with Crippen molar-refractivity contribution in [3.8, 4) is 5.75 Å². The van der Waals surface area contributed by atoms with Gasteiger partial charge in [-0.15, -0.1) is 0 Å². The van der Waals surface area contributed by atoms with Crippen LogP contribution in [0.5, 0.6) is 5.75 Å². The highest BCUT2D eigenvalue weighted by Gasteiger charge is 2.63. The molecule has 0 saturated carbocycles. The lowest BCUT2D eigenvalue weighted by Crippen LogP contribution is -2.63. The number of allylic oxidation sites excluding steroid dienone is 1. The van der Waals surface area contributed by atoms with E-state index in [0.29, 0.717) is 12.0 Å². The zero-order chi connectivity index (χ0) is 22.1. The number of carbonyl (C=O) groups excluding carboxylic acids is 3. The molecule has 1 aromatic rings. The molecule has 0 bridgehead atoms. The SMILES string of the molecule is CN(C)C1C(O)=C(C(N)=O)C(=O)[C@@]2(O)C(O)=C3C(=O)c4c(O)cccc4CC3CC12. The summed E-state index contributed by atoms with van der Waals surface area (Å²) in [6.45, 7) is 0. The van der Waals surface area contributed by atoms with Gasteiger partial charge in [0.2, 0.25) is 5.78 Å². The van der Waals surface area contributed by atoms with Crippen LogP contribution in [0.1, 0.15) is 22.3 Å². The monoisotopic (exact) mass is 414 g/mol. The normalized spacial score (nSPS) is 30.9. The smallest absolute Gasteiger partial charge is 0.255 e. The molecule has 6 N–H and O–H groups in total. The predicted molar refractivity (Wildman–Crippen MR) is 104 cm³/mol. The number of rotatable bonds is 2. The minimum Gasteiger partial charge on any atom is -0.510 e. The minimum atomic E-state index is -2.60. The van der Waals surface area contributed by atoms with E-state index >= 15 is 0 Å². The average molecular weight is 414 g/mol. The van der Waals surface area contributed by atoms with Crippen molar-refractivity contribution in [3.63, 3.8) is 0 Å². The van der Waals surface area contributed by atoms with Gasteiger partial charge in [0.25, 0.3) is 5.91 Å². The molecule has 4 atom stereocenters. The van der Waals surface area contributed by atoms with Crippen LogP contribution in [0.15, 0.2) is 40.9 Å². The number of Topliss-reactive ketones (excluding diaryl/α,β-unsaturated/α-hetero) is 2. The van der Waals surface area contributed by atoms with E-state index in [0.717, 1.165) is 0 Å². The van der Waals surface area contributed by atoms with Crippen LogP contribution in [-0.4, -0.2) is 68.5 Å². The molecule has 0 heterocycles. The molecule has 0 spiro atoms. The van der Waals surface area contributed by atoms with Crippen molar-refractivity contribution in [2.75, 3.05) is 14.1 Å². The van der Waals surface area contributed by atoms with Gasteiger partial charge < -0.3 is 26.2 Å². The molecule has 3 unspecified atom stereocenters. The van der Waals surface area contributed by atoms with E-state index in [1.807, 2.05) is 0 Å². The molecule has 30 heavy (non-hydrogen) atoms. The predicted octanol–water partition coefficient (Wildman–Crippen LogP) is 0.121. The molecule has 0 aliphatic heterocycles. The number of aliphatic hydroxyl groups excluding tert-OH is 2. The van der Waals surface area contributed by atoms with Gasteiger partial charge in [-0.1, -0.05) is 12.1 Å². The fourth-order valence-corrected chi connectivity index (χ4v) is 5.19. The Morgan fingerprint density at radius 3 is 2.47 bits per heavy atom. The quantitative estimate of drug-likeness (QED) is 0.426. The second kappa shape index (κ2) is 6.41. The summed E-state index contributed by atoms with van der Waals surface area (Å²) in [5.74, 6) is -6.42. The number of phenolic OH excluding ortho intramolecular Hbond substituents is 1. The number of nitrogens with zero attached hydrogens (tertiary/aromatic N) is 1. The molecule has 1 amide bonds. The Morgan fingerprint density at radius 1 is 1.20 bits per heavy atom. The number of fused-ring (bicyclic) bond motifs is 3. The van der Waals surface area contributed by atoms with Crippen molar-refractivity contribution >= 4 is 17.5 Å². The number of ketones is 2. The Morgan fingerprint density at radius 2 is 1.87 bits per heavy atom. The standard InChI is InChI=1S/C21H22N2O7/c1-23(2)15-10-7-9-6-8-4-3-5-11(24)12(8)16(25)13(9)18(27)21(10,30)19(28)14(17(15)26)20(22)29/h3-5,9-10,15,24,26-27,30H,6-7H2,1-2H3,(H2,22,29)/t9?,10?,15?,21-/m0/s1. The number of phenols is 1. The Balaban J connectivity index is 1.97. The van der Waals surface area contributed by atoms with Gasteiger partial charge in [-0.25, -0.2) is 0 Å². The van der Waals surface area contributed by atoms with Crippen LogP contribution in [0.25, 0.3) is 0 Å². The summed E-state index contributed by atoms with van der Waals surface area (Å²) >= 11 is 0. The van der Waals surface area contributed by atoms with Gasteiger partial charge >= 0.3 is 0 Å². The molecule has 0 saturated heterocycles. The van der Waals surface area contributed by atoms with Crippen molar-refractivity contribution < 1.29 is 34.8 Å². The summed E-state index contributed by atoms with van der Waals surface area (Å²) in [6, 6.07) is 3.66. The van der Waals surface area contributed by atoms with Crippen LogP contribution < -0.4 is 5.73 Å². The third-order valence-electron chi connectivity index (χ3n) is 6.46. The van der Waals surface area contributed by atoms with Crippen LogP contribution in [0.2, 0.25) is 0 Å². The van der Waals surface area contributed by atoms with Crippen molar-refractivity contribution in [2.24, 2.45) is 17.6 Å². The van der Waals surface area contributed by atoms with E-state index < -0.39 is 58.0 Å². The molecular formula is C21H22N2O7. The fraction of sp³-hybridized carbons (Fsp3) is 0.381. The number of benzene rings is 1. The Hall–Kier alpha value is -3.17. The summed E-state index contributed by atoms with van der Waals surface area (Å²) in [4.78, 5) is 39.6. The molecular weight excluding hydrogens is 392 g/mol. The van der Waals surface area contributed by atoms with Crippen molar-refractivity contribution in [1.82, 2.24) is 4.90 Å². The summed E-state index contributed by atoms with van der Waals surface area (Å²) in [5, 5.41) is 43.2. The summed E-state index contributed by atoms with van der Waals surface area (Å²) in [5.41, 5.74) is 2.31. The van der Waals surface area contributed by atoms with Crippen LogP contribution >= 0.6 is 0 Å².